The van der Waals surface area contributed by atoms with Gasteiger partial charge < -0.3 is 11.1 Å². The van der Waals surface area contributed by atoms with Crippen molar-refractivity contribution in [3.63, 3.8) is 0 Å². The number of anilines is 3. The summed E-state index contributed by atoms with van der Waals surface area (Å²) in [5.41, 5.74) is 5.64. The van der Waals surface area contributed by atoms with Crippen molar-refractivity contribution in [3.8, 4) is 0 Å². The monoisotopic (exact) mass is 343 g/mol. The minimum Gasteiger partial charge on any atom is -0.378 e. The lowest BCUT2D eigenvalue weighted by Gasteiger charge is -2.07. The van der Waals surface area contributed by atoms with Gasteiger partial charge in [0.2, 0.25) is 11.6 Å². The predicted octanol–water partition coefficient (Wildman–Crippen LogP) is 3.13. The number of nitrogens with zero attached hydrogens (tertiary/aromatic N) is 3. The number of nitrogens with two attached hydrogens (primary N) is 1. The maximum atomic E-state index is 10.9. The summed E-state index contributed by atoms with van der Waals surface area (Å²) >= 11 is 9.19. The Kier molecular flexibility index (Phi) is 3.82. The van der Waals surface area contributed by atoms with E-state index in [0.29, 0.717) is 10.7 Å². The number of nitrogens with one attached hydrogen (secondary N) is 1. The van der Waals surface area contributed by atoms with Crippen LogP contribution in [0.1, 0.15) is 0 Å². The fourth-order valence-corrected chi connectivity index (χ4v) is 1.80. The van der Waals surface area contributed by atoms with Gasteiger partial charge in [-0.1, -0.05) is 11.6 Å². The van der Waals surface area contributed by atoms with Crippen molar-refractivity contribution in [3.05, 3.63) is 44.1 Å². The van der Waals surface area contributed by atoms with Crippen molar-refractivity contribution >= 4 is 50.5 Å². The summed E-state index contributed by atoms with van der Waals surface area (Å²) in [6, 6.07) is 5.01. The van der Waals surface area contributed by atoms with Gasteiger partial charge in [0, 0.05) is 10.2 Å². The summed E-state index contributed by atoms with van der Waals surface area (Å²) in [4.78, 5) is 17.7. The summed E-state index contributed by atoms with van der Waals surface area (Å²) in [6.45, 7) is 0. The van der Waals surface area contributed by atoms with Crippen LogP contribution in [0.5, 0.6) is 0 Å². The largest absolute Gasteiger partial charge is 0.378 e. The number of aromatic nitrogens is 2. The average Bonchev–Trinajstić information content (AvgIpc) is 2.33. The molecule has 0 bridgehead atoms. The third-order valence-electron chi connectivity index (χ3n) is 2.22. The first-order valence-corrected chi connectivity index (χ1v) is 6.13. The van der Waals surface area contributed by atoms with Crippen LogP contribution in [-0.4, -0.2) is 14.9 Å². The van der Waals surface area contributed by atoms with E-state index in [1.807, 2.05) is 0 Å². The molecule has 0 unspecified atom stereocenters. The fraction of sp³-hybridized carbons (Fsp3) is 0. The molecule has 9 heteroatoms. The summed E-state index contributed by atoms with van der Waals surface area (Å²) in [5.74, 6) is -0.193. The molecule has 0 aliphatic carbocycles. The Balaban J connectivity index is 2.40. The van der Waals surface area contributed by atoms with E-state index < -0.39 is 4.92 Å². The first-order chi connectivity index (χ1) is 8.99. The second kappa shape index (κ2) is 5.37. The molecule has 0 spiro atoms. The quantitative estimate of drug-likeness (QED) is 0.654. The van der Waals surface area contributed by atoms with Crippen molar-refractivity contribution in [2.75, 3.05) is 11.1 Å². The van der Waals surface area contributed by atoms with Crippen LogP contribution in [0.15, 0.2) is 29.0 Å². The molecule has 0 radical (unpaired) electrons. The SMILES string of the molecule is Nc1ncnc(Nc2ccc(Br)c(Cl)c2)c1[N+](=O)[O-]. The standard InChI is InChI=1S/C10H7BrClN5O2/c11-6-2-1-5(3-7(6)12)16-10-8(17(18)19)9(13)14-4-15-10/h1-4H,(H3,13,14,15,16). The predicted molar refractivity (Wildman–Crippen MR) is 75.5 cm³/mol. The van der Waals surface area contributed by atoms with Gasteiger partial charge in [-0.15, -0.1) is 0 Å². The third kappa shape index (κ3) is 2.91. The number of nitrogen functional groups attached to an aromatic ring is 1. The van der Waals surface area contributed by atoms with Crippen molar-refractivity contribution in [1.29, 1.82) is 0 Å². The molecule has 0 atom stereocenters. The van der Waals surface area contributed by atoms with E-state index in [4.69, 9.17) is 17.3 Å². The molecule has 1 heterocycles. The molecule has 1 aromatic carbocycles. The minimum absolute atomic E-state index is 0.0101. The van der Waals surface area contributed by atoms with Crippen LogP contribution < -0.4 is 11.1 Å². The molecule has 19 heavy (non-hydrogen) atoms. The molecular formula is C10H7BrClN5O2. The first-order valence-electron chi connectivity index (χ1n) is 4.96. The van der Waals surface area contributed by atoms with Gasteiger partial charge in [-0.05, 0) is 34.1 Å². The summed E-state index contributed by atoms with van der Waals surface area (Å²) in [7, 11) is 0. The van der Waals surface area contributed by atoms with Crippen molar-refractivity contribution in [2.24, 2.45) is 0 Å². The number of rotatable bonds is 3. The Morgan fingerprint density at radius 2 is 2.16 bits per heavy atom. The second-order valence-electron chi connectivity index (χ2n) is 3.47. The van der Waals surface area contributed by atoms with Gasteiger partial charge in [-0.3, -0.25) is 10.1 Å². The molecule has 0 aliphatic heterocycles. The lowest BCUT2D eigenvalue weighted by atomic mass is 10.3. The van der Waals surface area contributed by atoms with Gasteiger partial charge in [-0.25, -0.2) is 9.97 Å². The molecule has 0 saturated carbocycles. The molecule has 2 rings (SSSR count). The Bertz CT molecular complexity index is 652. The van der Waals surface area contributed by atoms with Gasteiger partial charge in [0.1, 0.15) is 6.33 Å². The van der Waals surface area contributed by atoms with E-state index in [2.05, 4.69) is 31.2 Å². The highest BCUT2D eigenvalue weighted by molar-refractivity contribution is 9.10. The zero-order chi connectivity index (χ0) is 14.0. The van der Waals surface area contributed by atoms with E-state index in [-0.39, 0.29) is 17.3 Å². The van der Waals surface area contributed by atoms with Crippen LogP contribution in [0.4, 0.5) is 23.0 Å². The number of nitro groups is 1. The smallest absolute Gasteiger partial charge is 0.353 e. The molecule has 0 saturated heterocycles. The van der Waals surface area contributed by atoms with Crippen LogP contribution in [0.2, 0.25) is 5.02 Å². The maximum Gasteiger partial charge on any atom is 0.353 e. The van der Waals surface area contributed by atoms with E-state index in [0.717, 1.165) is 10.8 Å². The Morgan fingerprint density at radius 3 is 2.79 bits per heavy atom. The molecular weight excluding hydrogens is 338 g/mol. The molecule has 1 aromatic heterocycles. The average molecular weight is 345 g/mol. The molecule has 7 nitrogen and oxygen atoms in total. The van der Waals surface area contributed by atoms with E-state index in [9.17, 15) is 10.1 Å². The lowest BCUT2D eigenvalue weighted by Crippen LogP contribution is -2.04. The van der Waals surface area contributed by atoms with Gasteiger partial charge in [0.25, 0.3) is 0 Å². The van der Waals surface area contributed by atoms with Gasteiger partial charge in [0.15, 0.2) is 0 Å². The molecule has 0 aliphatic rings. The number of halogens is 2. The topological polar surface area (TPSA) is 107 Å². The normalized spacial score (nSPS) is 10.2. The van der Waals surface area contributed by atoms with E-state index in [1.54, 1.807) is 18.2 Å². The highest BCUT2D eigenvalue weighted by Crippen LogP contribution is 2.31. The van der Waals surface area contributed by atoms with Gasteiger partial charge >= 0.3 is 5.69 Å². The van der Waals surface area contributed by atoms with Crippen molar-refractivity contribution < 1.29 is 4.92 Å². The highest BCUT2D eigenvalue weighted by Gasteiger charge is 2.20. The zero-order valence-corrected chi connectivity index (χ0v) is 11.6. The van der Waals surface area contributed by atoms with Crippen LogP contribution >= 0.6 is 27.5 Å². The fourth-order valence-electron chi connectivity index (χ4n) is 1.37. The van der Waals surface area contributed by atoms with Crippen LogP contribution in [-0.2, 0) is 0 Å². The highest BCUT2D eigenvalue weighted by atomic mass is 79.9. The summed E-state index contributed by atoms with van der Waals surface area (Å²) in [6.07, 6.45) is 1.14. The molecule has 0 amide bonds. The van der Waals surface area contributed by atoms with Crippen molar-refractivity contribution in [1.82, 2.24) is 9.97 Å². The minimum atomic E-state index is -0.641. The Labute approximate surface area is 121 Å². The van der Waals surface area contributed by atoms with Gasteiger partial charge in [0.05, 0.1) is 9.95 Å². The maximum absolute atomic E-state index is 10.9. The number of hydrogen-bond donors (Lipinski definition) is 2. The second-order valence-corrected chi connectivity index (χ2v) is 4.73. The Morgan fingerprint density at radius 1 is 1.42 bits per heavy atom. The first kappa shape index (κ1) is 13.5. The summed E-state index contributed by atoms with van der Waals surface area (Å²) in [5, 5.41) is 14.2. The van der Waals surface area contributed by atoms with Crippen molar-refractivity contribution in [2.45, 2.75) is 0 Å². The molecule has 0 fully saturated rings. The van der Waals surface area contributed by atoms with Crippen LogP contribution in [0.3, 0.4) is 0 Å². The van der Waals surface area contributed by atoms with E-state index >= 15 is 0 Å². The lowest BCUT2D eigenvalue weighted by molar-refractivity contribution is -0.383. The Hall–Kier alpha value is -1.93. The summed E-state index contributed by atoms with van der Waals surface area (Å²) < 4.78 is 0.719. The third-order valence-corrected chi connectivity index (χ3v) is 3.45. The number of hydrogen-bond acceptors (Lipinski definition) is 6. The molecule has 2 aromatic rings. The van der Waals surface area contributed by atoms with Crippen LogP contribution in [0.25, 0.3) is 0 Å². The van der Waals surface area contributed by atoms with Crippen LogP contribution in [0, 0.1) is 10.1 Å². The van der Waals surface area contributed by atoms with E-state index in [1.165, 1.54) is 0 Å². The zero-order valence-electron chi connectivity index (χ0n) is 9.30. The number of benzene rings is 1. The van der Waals surface area contributed by atoms with Gasteiger partial charge in [-0.2, -0.15) is 0 Å². The molecule has 3 N–H and O–H groups in total. The molecule has 98 valence electrons.